The van der Waals surface area contributed by atoms with E-state index in [0.717, 1.165) is 38.1 Å². The van der Waals surface area contributed by atoms with Crippen LogP contribution in [-0.4, -0.2) is 44.6 Å². The van der Waals surface area contributed by atoms with Crippen molar-refractivity contribution in [2.75, 3.05) is 33.8 Å². The van der Waals surface area contributed by atoms with Crippen molar-refractivity contribution in [1.29, 1.82) is 0 Å². The van der Waals surface area contributed by atoms with Gasteiger partial charge in [-0.05, 0) is 43.9 Å². The molecule has 4 nitrogen and oxygen atoms in total. The van der Waals surface area contributed by atoms with E-state index in [0.29, 0.717) is 12.5 Å². The molecule has 4 heteroatoms. The number of carbonyl (C=O) groups is 1. The van der Waals surface area contributed by atoms with Gasteiger partial charge >= 0.3 is 0 Å². The summed E-state index contributed by atoms with van der Waals surface area (Å²) in [4.78, 5) is 13.8. The first kappa shape index (κ1) is 14.9. The van der Waals surface area contributed by atoms with Crippen LogP contribution in [-0.2, 0) is 11.2 Å². The maximum atomic E-state index is 11.8. The first-order valence-corrected chi connectivity index (χ1v) is 7.29. The molecular weight excluding hydrogens is 252 g/mol. The molecule has 1 aromatic rings. The van der Waals surface area contributed by atoms with Crippen LogP contribution in [0.15, 0.2) is 24.3 Å². The summed E-state index contributed by atoms with van der Waals surface area (Å²) in [7, 11) is 3.53. The topological polar surface area (TPSA) is 41.6 Å². The van der Waals surface area contributed by atoms with E-state index in [9.17, 15) is 4.79 Å². The lowest BCUT2D eigenvalue weighted by Crippen LogP contribution is -2.42. The zero-order valence-corrected chi connectivity index (χ0v) is 12.4. The fourth-order valence-electron chi connectivity index (χ4n) is 2.83. The average Bonchev–Trinajstić information content (AvgIpc) is 2.49. The molecule has 1 aromatic carbocycles. The largest absolute Gasteiger partial charge is 0.496 e. The molecule has 110 valence electrons. The van der Waals surface area contributed by atoms with Crippen LogP contribution in [0, 0.1) is 5.92 Å². The second-order valence-electron chi connectivity index (χ2n) is 5.37. The summed E-state index contributed by atoms with van der Waals surface area (Å²) in [5, 5.41) is 2.92. The van der Waals surface area contributed by atoms with Gasteiger partial charge in [0.2, 0.25) is 5.91 Å². The maximum Gasteiger partial charge on any atom is 0.236 e. The van der Waals surface area contributed by atoms with E-state index < -0.39 is 0 Å². The summed E-state index contributed by atoms with van der Waals surface area (Å²) < 4.78 is 5.41. The summed E-state index contributed by atoms with van der Waals surface area (Å²) in [5.74, 6) is 1.83. The smallest absolute Gasteiger partial charge is 0.236 e. The van der Waals surface area contributed by atoms with E-state index in [1.54, 1.807) is 7.11 Å². The number of carbonyl (C=O) groups excluding carboxylic acids is 1. The fraction of sp³-hybridized carbons (Fsp3) is 0.562. The number of amides is 1. The third-order valence-electron chi connectivity index (χ3n) is 4.00. The van der Waals surface area contributed by atoms with Gasteiger partial charge in [0, 0.05) is 13.1 Å². The van der Waals surface area contributed by atoms with Crippen molar-refractivity contribution in [3.63, 3.8) is 0 Å². The highest BCUT2D eigenvalue weighted by atomic mass is 16.5. The Morgan fingerprint density at radius 2 is 2.05 bits per heavy atom. The van der Waals surface area contributed by atoms with E-state index in [4.69, 9.17) is 4.74 Å². The van der Waals surface area contributed by atoms with Crippen molar-refractivity contribution in [3.8, 4) is 5.75 Å². The standard InChI is InChI=1S/C16H24N2O2/c1-17-12-16(19)18-9-7-13(8-10-18)11-14-5-3-4-6-15(14)20-2/h3-6,13,17H,7-12H2,1-2H3. The molecule has 1 aliphatic rings. The van der Waals surface area contributed by atoms with Crippen molar-refractivity contribution in [3.05, 3.63) is 29.8 Å². The summed E-state index contributed by atoms with van der Waals surface area (Å²) in [5.41, 5.74) is 1.27. The summed E-state index contributed by atoms with van der Waals surface area (Å²) in [6, 6.07) is 8.21. The highest BCUT2D eigenvalue weighted by molar-refractivity contribution is 5.78. The third-order valence-corrected chi connectivity index (χ3v) is 4.00. The summed E-state index contributed by atoms with van der Waals surface area (Å²) >= 11 is 0. The van der Waals surface area contributed by atoms with Gasteiger partial charge in [-0.25, -0.2) is 0 Å². The molecule has 0 unspecified atom stereocenters. The van der Waals surface area contributed by atoms with Gasteiger partial charge in [0.1, 0.15) is 5.75 Å². The Balaban J connectivity index is 1.87. The lowest BCUT2D eigenvalue weighted by atomic mass is 9.90. The normalized spacial score (nSPS) is 16.2. The van der Waals surface area contributed by atoms with Crippen molar-refractivity contribution in [2.45, 2.75) is 19.3 Å². The zero-order chi connectivity index (χ0) is 14.4. The van der Waals surface area contributed by atoms with Gasteiger partial charge in [-0.3, -0.25) is 4.79 Å². The highest BCUT2D eigenvalue weighted by Crippen LogP contribution is 2.26. The number of hydrogen-bond acceptors (Lipinski definition) is 3. The Morgan fingerprint density at radius 3 is 2.70 bits per heavy atom. The van der Waals surface area contributed by atoms with Crippen molar-refractivity contribution in [1.82, 2.24) is 10.2 Å². The van der Waals surface area contributed by atoms with Gasteiger partial charge in [0.25, 0.3) is 0 Å². The van der Waals surface area contributed by atoms with Crippen molar-refractivity contribution >= 4 is 5.91 Å². The number of nitrogens with one attached hydrogen (secondary N) is 1. The minimum Gasteiger partial charge on any atom is -0.496 e. The number of piperidine rings is 1. The molecule has 1 N–H and O–H groups in total. The van der Waals surface area contributed by atoms with Crippen molar-refractivity contribution in [2.24, 2.45) is 5.92 Å². The van der Waals surface area contributed by atoms with E-state index in [1.165, 1.54) is 5.56 Å². The van der Waals surface area contributed by atoms with E-state index in [1.807, 2.05) is 24.1 Å². The molecule has 0 spiro atoms. The van der Waals surface area contributed by atoms with Crippen LogP contribution in [0.2, 0.25) is 0 Å². The minimum atomic E-state index is 0.211. The molecule has 2 rings (SSSR count). The predicted octanol–water partition coefficient (Wildman–Crippen LogP) is 1.70. The molecule has 1 aliphatic heterocycles. The molecule has 1 amide bonds. The first-order chi connectivity index (χ1) is 9.74. The predicted molar refractivity (Wildman–Crippen MR) is 79.9 cm³/mol. The van der Waals surface area contributed by atoms with Crippen LogP contribution < -0.4 is 10.1 Å². The Morgan fingerprint density at radius 1 is 1.35 bits per heavy atom. The van der Waals surface area contributed by atoms with E-state index in [-0.39, 0.29) is 5.91 Å². The van der Waals surface area contributed by atoms with Crippen molar-refractivity contribution < 1.29 is 9.53 Å². The van der Waals surface area contributed by atoms with Crippen LogP contribution in [0.5, 0.6) is 5.75 Å². The number of likely N-dealkylation sites (tertiary alicyclic amines) is 1. The Kier molecular flexibility index (Phi) is 5.41. The monoisotopic (exact) mass is 276 g/mol. The van der Waals surface area contributed by atoms with Crippen LogP contribution in [0.4, 0.5) is 0 Å². The molecule has 0 aliphatic carbocycles. The maximum absolute atomic E-state index is 11.8. The fourth-order valence-corrected chi connectivity index (χ4v) is 2.83. The third kappa shape index (κ3) is 3.73. The molecule has 0 radical (unpaired) electrons. The van der Waals surface area contributed by atoms with E-state index >= 15 is 0 Å². The van der Waals surface area contributed by atoms with Gasteiger partial charge in [-0.15, -0.1) is 0 Å². The van der Waals surface area contributed by atoms with Gasteiger partial charge in [0.15, 0.2) is 0 Å². The number of ether oxygens (including phenoxy) is 1. The molecule has 1 fully saturated rings. The lowest BCUT2D eigenvalue weighted by molar-refractivity contribution is -0.131. The summed E-state index contributed by atoms with van der Waals surface area (Å²) in [6.45, 7) is 2.19. The highest BCUT2D eigenvalue weighted by Gasteiger charge is 2.23. The molecular formula is C16H24N2O2. The molecule has 1 saturated heterocycles. The van der Waals surface area contributed by atoms with E-state index in [2.05, 4.69) is 17.4 Å². The Bertz CT molecular complexity index is 440. The quantitative estimate of drug-likeness (QED) is 0.890. The number of para-hydroxylation sites is 1. The number of nitrogens with zero attached hydrogens (tertiary/aromatic N) is 1. The molecule has 0 aromatic heterocycles. The van der Waals surface area contributed by atoms with Gasteiger partial charge < -0.3 is 15.0 Å². The zero-order valence-electron chi connectivity index (χ0n) is 12.4. The average molecular weight is 276 g/mol. The van der Waals surface area contributed by atoms with Crippen LogP contribution in [0.1, 0.15) is 18.4 Å². The second-order valence-corrected chi connectivity index (χ2v) is 5.37. The lowest BCUT2D eigenvalue weighted by Gasteiger charge is -2.32. The Labute approximate surface area is 121 Å². The number of methoxy groups -OCH3 is 1. The number of hydrogen-bond donors (Lipinski definition) is 1. The second kappa shape index (κ2) is 7.29. The van der Waals surface area contributed by atoms with Crippen LogP contribution in [0.25, 0.3) is 0 Å². The SMILES string of the molecule is CNCC(=O)N1CCC(Cc2ccccc2OC)CC1. The van der Waals surface area contributed by atoms with Gasteiger partial charge in [0.05, 0.1) is 13.7 Å². The van der Waals surface area contributed by atoms with Crippen LogP contribution in [0.3, 0.4) is 0 Å². The Hall–Kier alpha value is -1.55. The van der Waals surface area contributed by atoms with Gasteiger partial charge in [-0.1, -0.05) is 18.2 Å². The number of rotatable bonds is 5. The van der Waals surface area contributed by atoms with Gasteiger partial charge in [-0.2, -0.15) is 0 Å². The number of benzene rings is 1. The molecule has 0 atom stereocenters. The minimum absolute atomic E-state index is 0.211. The molecule has 20 heavy (non-hydrogen) atoms. The molecule has 1 heterocycles. The molecule has 0 saturated carbocycles. The van der Waals surface area contributed by atoms with Crippen LogP contribution >= 0.6 is 0 Å². The molecule has 0 bridgehead atoms. The summed E-state index contributed by atoms with van der Waals surface area (Å²) in [6.07, 6.45) is 3.19. The number of likely N-dealkylation sites (N-methyl/N-ethyl adjacent to an activating group) is 1. The first-order valence-electron chi connectivity index (χ1n) is 7.29.